The summed E-state index contributed by atoms with van der Waals surface area (Å²) in [4.78, 5) is 15.5. The first-order valence-electron chi connectivity index (χ1n) is 10.6. The molecular weight excluding hydrogens is 427 g/mol. The Balaban J connectivity index is 1.68. The molecule has 168 valence electrons. The maximum atomic E-state index is 8.64. The van der Waals surface area contributed by atoms with Crippen LogP contribution in [0.2, 0.25) is 0 Å². The van der Waals surface area contributed by atoms with Crippen LogP contribution in [0.25, 0.3) is 21.9 Å². The van der Waals surface area contributed by atoms with Crippen LogP contribution in [0.1, 0.15) is 32.4 Å². The molecule has 4 atom stereocenters. The zero-order valence-electron chi connectivity index (χ0n) is 18.4. The summed E-state index contributed by atoms with van der Waals surface area (Å²) in [5, 5.41) is 10.6. The van der Waals surface area contributed by atoms with Gasteiger partial charge in [0.25, 0.3) is 0 Å². The number of nitriles is 1. The van der Waals surface area contributed by atoms with Crippen LogP contribution >= 0.6 is 9.03 Å². The molecule has 1 aliphatic heterocycles. The van der Waals surface area contributed by atoms with Gasteiger partial charge in [0, 0.05) is 25.9 Å². The standard InChI is InChI=1S/C22H27N6O3P/c1-4-17-18(31-32-29-11-7-10-23)12-19(30-17)28-16-9-6-5-8-15(16)20-21(26-14-27(2)3)24-13-25-22(20)28/h5-6,8-9,13-14,17-19,32H,4,7,11-12H2,1-3H3/b26-14-/t17-,18?,19-/m1/s1. The number of benzene rings is 1. The average Bonchev–Trinajstić information content (AvgIpc) is 3.36. The monoisotopic (exact) mass is 454 g/mol. The Kier molecular flexibility index (Phi) is 7.28. The lowest BCUT2D eigenvalue weighted by Gasteiger charge is -2.17. The Morgan fingerprint density at radius 2 is 2.22 bits per heavy atom. The van der Waals surface area contributed by atoms with Crippen LogP contribution in [-0.4, -0.2) is 58.7 Å². The van der Waals surface area contributed by atoms with E-state index in [1.165, 1.54) is 0 Å². The van der Waals surface area contributed by atoms with Gasteiger partial charge >= 0.3 is 0 Å². The van der Waals surface area contributed by atoms with Crippen molar-refractivity contribution in [2.75, 3.05) is 20.7 Å². The lowest BCUT2D eigenvalue weighted by molar-refractivity contribution is -0.0118. The smallest absolute Gasteiger partial charge is 0.166 e. The van der Waals surface area contributed by atoms with E-state index in [-0.39, 0.29) is 27.5 Å². The van der Waals surface area contributed by atoms with Gasteiger partial charge in [-0.25, -0.2) is 15.0 Å². The van der Waals surface area contributed by atoms with Gasteiger partial charge in [-0.1, -0.05) is 25.1 Å². The molecular formula is C22H27N6O3P. The van der Waals surface area contributed by atoms with Crippen LogP contribution in [0.15, 0.2) is 35.6 Å². The topological polar surface area (TPSA) is 97.8 Å². The molecule has 0 bridgehead atoms. The van der Waals surface area contributed by atoms with Gasteiger partial charge in [0.2, 0.25) is 0 Å². The highest BCUT2D eigenvalue weighted by Crippen LogP contribution is 2.41. The fraction of sp³-hybridized carbons (Fsp3) is 0.455. The molecule has 0 radical (unpaired) electrons. The normalized spacial score (nSPS) is 21.4. The number of nitrogens with zero attached hydrogens (tertiary/aromatic N) is 6. The van der Waals surface area contributed by atoms with Crippen molar-refractivity contribution in [2.24, 2.45) is 4.99 Å². The van der Waals surface area contributed by atoms with Crippen molar-refractivity contribution >= 4 is 43.1 Å². The molecule has 0 aliphatic carbocycles. The molecule has 0 N–H and O–H groups in total. The SMILES string of the molecule is CC[C@H]1O[C@@H](n2c3ccccc3c3c(/N=C\N(C)C)ncnc32)CC1OPOCCC#N. The average molecular weight is 454 g/mol. The number of hydrogen-bond donors (Lipinski definition) is 0. The lowest BCUT2D eigenvalue weighted by atomic mass is 10.1. The molecule has 2 aromatic heterocycles. The fourth-order valence-electron chi connectivity index (χ4n) is 3.94. The van der Waals surface area contributed by atoms with Crippen molar-refractivity contribution in [3.63, 3.8) is 0 Å². The van der Waals surface area contributed by atoms with Crippen molar-refractivity contribution in [2.45, 2.75) is 44.6 Å². The van der Waals surface area contributed by atoms with Crippen molar-refractivity contribution in [3.8, 4) is 6.07 Å². The Bertz CT molecular complexity index is 1140. The summed E-state index contributed by atoms with van der Waals surface area (Å²) in [6.45, 7) is 2.47. The molecule has 0 spiro atoms. The first-order chi connectivity index (χ1) is 15.6. The minimum absolute atomic E-state index is 0.0450. The number of hydrogen-bond acceptors (Lipinski definition) is 7. The van der Waals surface area contributed by atoms with E-state index in [0.717, 1.165) is 28.4 Å². The number of aliphatic imine (C=N–C) groups is 1. The maximum Gasteiger partial charge on any atom is 0.166 e. The highest BCUT2D eigenvalue weighted by atomic mass is 31.1. The quantitative estimate of drug-likeness (QED) is 0.205. The molecule has 1 saturated heterocycles. The van der Waals surface area contributed by atoms with E-state index in [4.69, 9.17) is 19.0 Å². The first kappa shape index (κ1) is 22.6. The molecule has 32 heavy (non-hydrogen) atoms. The van der Waals surface area contributed by atoms with Crippen molar-refractivity contribution in [1.29, 1.82) is 5.26 Å². The van der Waals surface area contributed by atoms with Gasteiger partial charge in [-0.3, -0.25) is 4.57 Å². The molecule has 4 rings (SSSR count). The fourth-order valence-corrected chi connectivity index (χ4v) is 4.56. The van der Waals surface area contributed by atoms with E-state index in [1.54, 1.807) is 12.7 Å². The summed E-state index contributed by atoms with van der Waals surface area (Å²) in [5.74, 6) is 0.629. The van der Waals surface area contributed by atoms with Gasteiger partial charge in [-0.05, 0) is 12.5 Å². The predicted molar refractivity (Wildman–Crippen MR) is 125 cm³/mol. The summed E-state index contributed by atoms with van der Waals surface area (Å²) >= 11 is 0. The minimum Gasteiger partial charge on any atom is -0.369 e. The third-order valence-corrected chi connectivity index (χ3v) is 6.05. The molecule has 3 heterocycles. The zero-order chi connectivity index (χ0) is 22.5. The Morgan fingerprint density at radius 3 is 3.00 bits per heavy atom. The van der Waals surface area contributed by atoms with E-state index in [2.05, 4.69) is 44.7 Å². The van der Waals surface area contributed by atoms with E-state index >= 15 is 0 Å². The number of para-hydroxylation sites is 1. The van der Waals surface area contributed by atoms with Crippen molar-refractivity contribution < 1.29 is 13.8 Å². The number of fused-ring (bicyclic) bond motifs is 3. The summed E-state index contributed by atoms with van der Waals surface area (Å²) in [6.07, 6.45) is 4.80. The maximum absolute atomic E-state index is 8.64. The van der Waals surface area contributed by atoms with Gasteiger partial charge in [0.1, 0.15) is 18.2 Å². The van der Waals surface area contributed by atoms with Crippen LogP contribution in [0.4, 0.5) is 5.82 Å². The molecule has 2 unspecified atom stereocenters. The third-order valence-electron chi connectivity index (χ3n) is 5.32. The minimum atomic E-state index is -0.225. The molecule has 1 aromatic carbocycles. The third kappa shape index (κ3) is 4.59. The number of rotatable bonds is 9. The molecule has 10 heteroatoms. The Labute approximate surface area is 189 Å². The van der Waals surface area contributed by atoms with Crippen LogP contribution < -0.4 is 0 Å². The van der Waals surface area contributed by atoms with E-state index < -0.39 is 0 Å². The van der Waals surface area contributed by atoms with Crippen molar-refractivity contribution in [1.82, 2.24) is 19.4 Å². The van der Waals surface area contributed by atoms with Gasteiger partial charge < -0.3 is 18.7 Å². The summed E-state index contributed by atoms with van der Waals surface area (Å²) < 4.78 is 20.0. The second-order valence-electron chi connectivity index (χ2n) is 7.76. The molecule has 9 nitrogen and oxygen atoms in total. The van der Waals surface area contributed by atoms with Crippen LogP contribution in [-0.2, 0) is 13.8 Å². The summed E-state index contributed by atoms with van der Waals surface area (Å²) in [5.41, 5.74) is 1.82. The zero-order valence-corrected chi connectivity index (χ0v) is 19.4. The van der Waals surface area contributed by atoms with Gasteiger partial charge in [0.05, 0.1) is 48.5 Å². The molecule has 1 fully saturated rings. The summed E-state index contributed by atoms with van der Waals surface area (Å²) in [6, 6.07) is 10.2. The Morgan fingerprint density at radius 1 is 1.38 bits per heavy atom. The first-order valence-corrected chi connectivity index (χ1v) is 11.4. The van der Waals surface area contributed by atoms with Gasteiger partial charge in [0.15, 0.2) is 14.9 Å². The number of aromatic nitrogens is 3. The molecule has 3 aromatic rings. The predicted octanol–water partition coefficient (Wildman–Crippen LogP) is 4.33. The Hall–Kier alpha value is -2.63. The van der Waals surface area contributed by atoms with E-state index in [0.29, 0.717) is 25.3 Å². The second-order valence-corrected chi connectivity index (χ2v) is 8.45. The van der Waals surface area contributed by atoms with Crippen LogP contribution in [0.5, 0.6) is 0 Å². The van der Waals surface area contributed by atoms with Gasteiger partial charge in [-0.15, -0.1) is 0 Å². The molecule has 0 amide bonds. The molecule has 0 saturated carbocycles. The second kappa shape index (κ2) is 10.3. The van der Waals surface area contributed by atoms with Crippen LogP contribution in [0.3, 0.4) is 0 Å². The highest BCUT2D eigenvalue weighted by molar-refractivity contribution is 7.26. The summed E-state index contributed by atoms with van der Waals surface area (Å²) in [7, 11) is 3.74. The van der Waals surface area contributed by atoms with E-state index in [1.807, 2.05) is 31.1 Å². The van der Waals surface area contributed by atoms with E-state index in [9.17, 15) is 0 Å². The number of ether oxygens (including phenoxy) is 1. The largest absolute Gasteiger partial charge is 0.369 e. The van der Waals surface area contributed by atoms with Crippen LogP contribution in [0, 0.1) is 11.3 Å². The van der Waals surface area contributed by atoms with Crippen molar-refractivity contribution in [3.05, 3.63) is 30.6 Å². The van der Waals surface area contributed by atoms with Gasteiger partial charge in [-0.2, -0.15) is 5.26 Å². The highest BCUT2D eigenvalue weighted by Gasteiger charge is 2.37. The molecule has 1 aliphatic rings. The lowest BCUT2D eigenvalue weighted by Crippen LogP contribution is -2.20.